The van der Waals surface area contributed by atoms with E-state index in [0.717, 1.165) is 5.56 Å². The third kappa shape index (κ3) is 1.53. The van der Waals surface area contributed by atoms with Crippen LogP contribution in [0.1, 0.15) is 5.56 Å². The van der Waals surface area contributed by atoms with Gasteiger partial charge in [-0.05, 0) is 22.9 Å². The third-order valence-electron chi connectivity index (χ3n) is 1.97. The molecule has 2 rings (SSSR count). The maximum atomic E-state index is 5.56. The number of halogens is 1. The number of anilines is 1. The zero-order chi connectivity index (χ0) is 10.1. The van der Waals surface area contributed by atoms with Crippen LogP contribution in [0.4, 0.5) is 5.82 Å². The molecule has 2 N–H and O–H groups in total. The Morgan fingerprint density at radius 1 is 1.29 bits per heavy atom. The predicted molar refractivity (Wildman–Crippen MR) is 58.8 cm³/mol. The van der Waals surface area contributed by atoms with Crippen molar-refractivity contribution in [2.24, 2.45) is 0 Å². The van der Waals surface area contributed by atoms with Crippen molar-refractivity contribution in [2.45, 2.75) is 6.92 Å². The Morgan fingerprint density at radius 3 is 2.43 bits per heavy atom. The number of benzene rings is 1. The van der Waals surface area contributed by atoms with Crippen LogP contribution >= 0.6 is 15.9 Å². The summed E-state index contributed by atoms with van der Waals surface area (Å²) in [6.07, 6.45) is 0. The van der Waals surface area contributed by atoms with Crippen LogP contribution in [0.15, 0.2) is 33.3 Å². The highest BCUT2D eigenvalue weighted by molar-refractivity contribution is 9.10. The maximum Gasteiger partial charge on any atom is 0.183 e. The molecule has 0 amide bonds. The summed E-state index contributed by atoms with van der Waals surface area (Å²) >= 11 is 3.32. The van der Waals surface area contributed by atoms with Gasteiger partial charge in [0.25, 0.3) is 0 Å². The van der Waals surface area contributed by atoms with E-state index in [1.165, 1.54) is 5.56 Å². The first-order valence-corrected chi connectivity index (χ1v) is 4.95. The van der Waals surface area contributed by atoms with E-state index in [1.807, 2.05) is 31.2 Å². The Kier molecular flexibility index (Phi) is 2.29. The Morgan fingerprint density at radius 2 is 1.93 bits per heavy atom. The first-order valence-electron chi connectivity index (χ1n) is 4.16. The minimum absolute atomic E-state index is 0.376. The Bertz CT molecular complexity index is 448. The van der Waals surface area contributed by atoms with E-state index >= 15 is 0 Å². The molecule has 0 spiro atoms. The number of nitrogen functional groups attached to an aromatic ring is 1. The highest BCUT2D eigenvalue weighted by Gasteiger charge is 2.12. The molecule has 1 heterocycles. The van der Waals surface area contributed by atoms with Crippen molar-refractivity contribution in [1.82, 2.24) is 5.16 Å². The number of aromatic nitrogens is 1. The van der Waals surface area contributed by atoms with Crippen LogP contribution in [-0.4, -0.2) is 5.16 Å². The van der Waals surface area contributed by atoms with Crippen LogP contribution in [-0.2, 0) is 0 Å². The van der Waals surface area contributed by atoms with Gasteiger partial charge in [0.1, 0.15) is 4.47 Å². The molecule has 0 unspecified atom stereocenters. The lowest BCUT2D eigenvalue weighted by Crippen LogP contribution is -1.83. The second-order valence-electron chi connectivity index (χ2n) is 3.08. The first kappa shape index (κ1) is 9.27. The number of nitrogens with two attached hydrogens (primary N) is 1. The zero-order valence-corrected chi connectivity index (χ0v) is 9.21. The molecule has 1 aromatic heterocycles. The molecule has 3 nitrogen and oxygen atoms in total. The van der Waals surface area contributed by atoms with Gasteiger partial charge in [0.2, 0.25) is 0 Å². The van der Waals surface area contributed by atoms with E-state index in [1.54, 1.807) is 0 Å². The summed E-state index contributed by atoms with van der Waals surface area (Å²) in [5, 5.41) is 3.67. The summed E-state index contributed by atoms with van der Waals surface area (Å²) in [5.74, 6) is 1.04. The minimum Gasteiger partial charge on any atom is -0.380 e. The van der Waals surface area contributed by atoms with Crippen LogP contribution in [0.5, 0.6) is 0 Å². The van der Waals surface area contributed by atoms with Crippen molar-refractivity contribution < 1.29 is 4.52 Å². The van der Waals surface area contributed by atoms with Gasteiger partial charge in [0.05, 0.1) is 0 Å². The summed E-state index contributed by atoms with van der Waals surface area (Å²) in [4.78, 5) is 0. The number of nitrogens with zero attached hydrogens (tertiary/aromatic N) is 1. The lowest BCUT2D eigenvalue weighted by molar-refractivity contribution is 0.435. The quantitative estimate of drug-likeness (QED) is 0.849. The molecule has 2 aromatic rings. The lowest BCUT2D eigenvalue weighted by Gasteiger charge is -1.96. The number of rotatable bonds is 1. The van der Waals surface area contributed by atoms with E-state index in [2.05, 4.69) is 21.1 Å². The third-order valence-corrected chi connectivity index (χ3v) is 2.74. The highest BCUT2D eigenvalue weighted by atomic mass is 79.9. The zero-order valence-electron chi connectivity index (χ0n) is 7.62. The van der Waals surface area contributed by atoms with Crippen molar-refractivity contribution in [2.75, 3.05) is 5.73 Å². The molecular weight excluding hydrogens is 244 g/mol. The van der Waals surface area contributed by atoms with Gasteiger partial charge in [-0.15, -0.1) is 0 Å². The number of hydrogen-bond acceptors (Lipinski definition) is 3. The van der Waals surface area contributed by atoms with Gasteiger partial charge >= 0.3 is 0 Å². The molecule has 72 valence electrons. The fourth-order valence-corrected chi connectivity index (χ4v) is 1.55. The highest BCUT2D eigenvalue weighted by Crippen LogP contribution is 2.32. The smallest absolute Gasteiger partial charge is 0.183 e. The van der Waals surface area contributed by atoms with Gasteiger partial charge < -0.3 is 10.3 Å². The second-order valence-corrected chi connectivity index (χ2v) is 3.87. The van der Waals surface area contributed by atoms with Gasteiger partial charge in [-0.1, -0.05) is 35.0 Å². The maximum absolute atomic E-state index is 5.56. The van der Waals surface area contributed by atoms with E-state index < -0.39 is 0 Å². The monoisotopic (exact) mass is 252 g/mol. The van der Waals surface area contributed by atoms with Crippen LogP contribution < -0.4 is 5.73 Å². The van der Waals surface area contributed by atoms with E-state index in [9.17, 15) is 0 Å². The Balaban J connectivity index is 2.49. The summed E-state index contributed by atoms with van der Waals surface area (Å²) < 4.78 is 5.81. The topological polar surface area (TPSA) is 52.0 Å². The van der Waals surface area contributed by atoms with Crippen molar-refractivity contribution in [3.05, 3.63) is 34.3 Å². The first-order chi connectivity index (χ1) is 6.68. The Hall–Kier alpha value is -1.29. The molecule has 0 radical (unpaired) electrons. The van der Waals surface area contributed by atoms with Crippen LogP contribution in [0, 0.1) is 6.92 Å². The summed E-state index contributed by atoms with van der Waals surface area (Å²) in [7, 11) is 0. The number of aryl methyl sites for hydroxylation is 1. The van der Waals surface area contributed by atoms with Gasteiger partial charge in [0, 0.05) is 5.56 Å². The summed E-state index contributed by atoms with van der Waals surface area (Å²) in [6.45, 7) is 2.04. The fraction of sp³-hybridized carbons (Fsp3) is 0.100. The van der Waals surface area contributed by atoms with Crippen LogP contribution in [0.2, 0.25) is 0 Å². The molecule has 0 saturated heterocycles. The molecule has 14 heavy (non-hydrogen) atoms. The molecule has 0 aliphatic rings. The summed E-state index contributed by atoms with van der Waals surface area (Å²) in [5.41, 5.74) is 7.73. The predicted octanol–water partition coefficient (Wildman–Crippen LogP) is 2.99. The van der Waals surface area contributed by atoms with Gasteiger partial charge in [-0.3, -0.25) is 0 Å². The molecule has 4 heteroatoms. The number of hydrogen-bond donors (Lipinski definition) is 1. The van der Waals surface area contributed by atoms with Crippen molar-refractivity contribution in [3.8, 4) is 11.3 Å². The molecule has 0 aliphatic carbocycles. The molecule has 0 saturated carbocycles. The molecule has 1 aromatic carbocycles. The minimum atomic E-state index is 0.376. The average Bonchev–Trinajstić information content (AvgIpc) is 2.50. The van der Waals surface area contributed by atoms with Gasteiger partial charge in [-0.25, -0.2) is 0 Å². The van der Waals surface area contributed by atoms with E-state index in [0.29, 0.717) is 16.1 Å². The summed E-state index contributed by atoms with van der Waals surface area (Å²) in [6, 6.07) is 7.97. The average molecular weight is 253 g/mol. The molecule has 0 fully saturated rings. The van der Waals surface area contributed by atoms with Crippen LogP contribution in [0.3, 0.4) is 0 Å². The van der Waals surface area contributed by atoms with E-state index in [-0.39, 0.29) is 0 Å². The standard InChI is InChI=1S/C10H9BrN2O/c1-6-2-4-7(5-3-6)9-8(11)10(12)13-14-9/h2-5H,1H3,(H2,12,13). The SMILES string of the molecule is Cc1ccc(-c2onc(N)c2Br)cc1. The normalized spacial score (nSPS) is 10.4. The molecule has 0 aliphatic heterocycles. The molecule has 0 bridgehead atoms. The van der Waals surface area contributed by atoms with Gasteiger partial charge in [-0.2, -0.15) is 0 Å². The molecule has 0 atom stereocenters. The second kappa shape index (κ2) is 3.46. The fourth-order valence-electron chi connectivity index (χ4n) is 1.18. The van der Waals surface area contributed by atoms with Crippen molar-refractivity contribution in [3.63, 3.8) is 0 Å². The molecular formula is C10H9BrN2O. The largest absolute Gasteiger partial charge is 0.380 e. The lowest BCUT2D eigenvalue weighted by atomic mass is 10.1. The van der Waals surface area contributed by atoms with E-state index in [4.69, 9.17) is 10.3 Å². The van der Waals surface area contributed by atoms with Gasteiger partial charge in [0.15, 0.2) is 11.6 Å². The Labute approximate surface area is 90.0 Å². The van der Waals surface area contributed by atoms with Crippen molar-refractivity contribution >= 4 is 21.7 Å². The van der Waals surface area contributed by atoms with Crippen LogP contribution in [0.25, 0.3) is 11.3 Å². The van der Waals surface area contributed by atoms with Crippen molar-refractivity contribution in [1.29, 1.82) is 0 Å².